The fourth-order valence-corrected chi connectivity index (χ4v) is 1.56. The van der Waals surface area contributed by atoms with Gasteiger partial charge in [-0.3, -0.25) is 0 Å². The normalized spacial score (nSPS) is 10.0. The standard InChI is InChI=1S/C10H6Cl2N2O/c11-7-4-8(12)6-9(5-7)15-10-2-1-3-13-14-10/h1-6H. The number of aromatic nitrogens is 2. The molecule has 2 rings (SSSR count). The molecule has 0 fully saturated rings. The van der Waals surface area contributed by atoms with Crippen LogP contribution in [0, 0.1) is 0 Å². The summed E-state index contributed by atoms with van der Waals surface area (Å²) in [5, 5.41) is 8.49. The van der Waals surface area contributed by atoms with Crippen LogP contribution in [-0.2, 0) is 0 Å². The maximum absolute atomic E-state index is 5.82. The van der Waals surface area contributed by atoms with Gasteiger partial charge in [0.2, 0.25) is 5.88 Å². The fourth-order valence-electron chi connectivity index (χ4n) is 1.05. The Labute approximate surface area is 96.6 Å². The van der Waals surface area contributed by atoms with E-state index in [2.05, 4.69) is 10.2 Å². The van der Waals surface area contributed by atoms with Gasteiger partial charge in [-0.15, -0.1) is 5.10 Å². The highest BCUT2D eigenvalue weighted by Gasteiger charge is 2.01. The first-order chi connectivity index (χ1) is 7.24. The highest BCUT2D eigenvalue weighted by molar-refractivity contribution is 6.34. The van der Waals surface area contributed by atoms with Crippen molar-refractivity contribution in [3.05, 3.63) is 46.6 Å². The van der Waals surface area contributed by atoms with Crippen molar-refractivity contribution in [2.24, 2.45) is 0 Å². The predicted octanol–water partition coefficient (Wildman–Crippen LogP) is 3.58. The van der Waals surface area contributed by atoms with Crippen LogP contribution in [0.1, 0.15) is 0 Å². The molecule has 0 radical (unpaired) electrons. The largest absolute Gasteiger partial charge is 0.437 e. The van der Waals surface area contributed by atoms with Gasteiger partial charge in [0.05, 0.1) is 0 Å². The molecule has 1 aromatic carbocycles. The first kappa shape index (κ1) is 10.2. The molecule has 0 aliphatic heterocycles. The molecule has 0 spiro atoms. The van der Waals surface area contributed by atoms with Crippen LogP contribution in [0.3, 0.4) is 0 Å². The molecule has 1 aromatic heterocycles. The van der Waals surface area contributed by atoms with Crippen molar-refractivity contribution in [1.82, 2.24) is 10.2 Å². The number of nitrogens with zero attached hydrogens (tertiary/aromatic N) is 2. The third-order valence-corrected chi connectivity index (χ3v) is 2.04. The van der Waals surface area contributed by atoms with Gasteiger partial charge >= 0.3 is 0 Å². The molecule has 0 unspecified atom stereocenters. The first-order valence-corrected chi connectivity index (χ1v) is 4.91. The van der Waals surface area contributed by atoms with E-state index in [1.54, 1.807) is 36.5 Å². The van der Waals surface area contributed by atoms with Crippen molar-refractivity contribution in [3.8, 4) is 11.6 Å². The Morgan fingerprint density at radius 3 is 2.40 bits per heavy atom. The SMILES string of the molecule is Clc1cc(Cl)cc(Oc2cccnn2)c1. The smallest absolute Gasteiger partial charge is 0.238 e. The Morgan fingerprint density at radius 1 is 1.07 bits per heavy atom. The van der Waals surface area contributed by atoms with Gasteiger partial charge in [0.1, 0.15) is 5.75 Å². The van der Waals surface area contributed by atoms with Crippen LogP contribution in [0.2, 0.25) is 10.0 Å². The molecule has 15 heavy (non-hydrogen) atoms. The minimum absolute atomic E-state index is 0.399. The van der Waals surface area contributed by atoms with E-state index < -0.39 is 0 Å². The van der Waals surface area contributed by atoms with Gasteiger partial charge in [-0.05, 0) is 24.3 Å². The molecule has 5 heteroatoms. The lowest BCUT2D eigenvalue weighted by molar-refractivity contribution is 0.455. The van der Waals surface area contributed by atoms with E-state index in [9.17, 15) is 0 Å². The van der Waals surface area contributed by atoms with E-state index in [4.69, 9.17) is 27.9 Å². The molecule has 0 N–H and O–H groups in total. The topological polar surface area (TPSA) is 35.0 Å². The Bertz CT molecular complexity index is 442. The number of benzene rings is 1. The molecular formula is C10H6Cl2N2O. The van der Waals surface area contributed by atoms with Gasteiger partial charge in [0.25, 0.3) is 0 Å². The minimum Gasteiger partial charge on any atom is -0.437 e. The van der Waals surface area contributed by atoms with Crippen molar-refractivity contribution >= 4 is 23.2 Å². The van der Waals surface area contributed by atoms with Gasteiger partial charge in [-0.2, -0.15) is 5.10 Å². The van der Waals surface area contributed by atoms with Crippen LogP contribution in [0.4, 0.5) is 0 Å². The molecule has 1 heterocycles. The lowest BCUT2D eigenvalue weighted by Gasteiger charge is -2.04. The molecule has 0 saturated carbocycles. The molecular weight excluding hydrogens is 235 g/mol. The van der Waals surface area contributed by atoms with Crippen LogP contribution in [-0.4, -0.2) is 10.2 Å². The van der Waals surface area contributed by atoms with E-state index in [1.807, 2.05) is 0 Å². The van der Waals surface area contributed by atoms with Crippen molar-refractivity contribution in [2.45, 2.75) is 0 Å². The predicted molar refractivity (Wildman–Crippen MR) is 58.6 cm³/mol. The van der Waals surface area contributed by atoms with E-state index >= 15 is 0 Å². The number of rotatable bonds is 2. The second kappa shape index (κ2) is 4.47. The average Bonchev–Trinajstić information content (AvgIpc) is 2.17. The van der Waals surface area contributed by atoms with Gasteiger partial charge in [-0.25, -0.2) is 0 Å². The summed E-state index contributed by atoms with van der Waals surface area (Å²) >= 11 is 11.6. The number of hydrogen-bond acceptors (Lipinski definition) is 3. The highest BCUT2D eigenvalue weighted by atomic mass is 35.5. The van der Waals surface area contributed by atoms with Crippen molar-refractivity contribution in [2.75, 3.05) is 0 Å². The van der Waals surface area contributed by atoms with E-state index in [0.29, 0.717) is 21.7 Å². The molecule has 0 aliphatic rings. The Morgan fingerprint density at radius 2 is 1.80 bits per heavy atom. The van der Waals surface area contributed by atoms with Gasteiger partial charge in [-0.1, -0.05) is 23.2 Å². The summed E-state index contributed by atoms with van der Waals surface area (Å²) in [6, 6.07) is 8.37. The number of ether oxygens (including phenoxy) is 1. The lowest BCUT2D eigenvalue weighted by Crippen LogP contribution is -1.88. The zero-order valence-electron chi connectivity index (χ0n) is 7.52. The highest BCUT2D eigenvalue weighted by Crippen LogP contribution is 2.26. The van der Waals surface area contributed by atoms with Crippen LogP contribution >= 0.6 is 23.2 Å². The average molecular weight is 241 g/mol. The maximum Gasteiger partial charge on any atom is 0.238 e. The molecule has 0 saturated heterocycles. The van der Waals surface area contributed by atoms with E-state index in [0.717, 1.165) is 0 Å². The molecule has 2 aromatic rings. The number of halogens is 2. The Kier molecular flexibility index (Phi) is 3.04. The van der Waals surface area contributed by atoms with Crippen LogP contribution in [0.25, 0.3) is 0 Å². The third kappa shape index (κ3) is 2.81. The quantitative estimate of drug-likeness (QED) is 0.805. The number of hydrogen-bond donors (Lipinski definition) is 0. The summed E-state index contributed by atoms with van der Waals surface area (Å²) in [4.78, 5) is 0. The Hall–Kier alpha value is -1.32. The third-order valence-electron chi connectivity index (χ3n) is 1.61. The second-order valence-electron chi connectivity index (χ2n) is 2.77. The monoisotopic (exact) mass is 240 g/mol. The lowest BCUT2D eigenvalue weighted by atomic mass is 10.3. The molecule has 0 aliphatic carbocycles. The van der Waals surface area contributed by atoms with Crippen LogP contribution in [0.5, 0.6) is 11.6 Å². The summed E-state index contributed by atoms with van der Waals surface area (Å²) < 4.78 is 5.40. The fraction of sp³-hybridized carbons (Fsp3) is 0. The molecule has 0 amide bonds. The summed E-state index contributed by atoms with van der Waals surface area (Å²) in [7, 11) is 0. The van der Waals surface area contributed by atoms with E-state index in [1.165, 1.54) is 0 Å². The van der Waals surface area contributed by atoms with Gasteiger partial charge in [0.15, 0.2) is 0 Å². The second-order valence-corrected chi connectivity index (χ2v) is 3.64. The summed E-state index contributed by atoms with van der Waals surface area (Å²) in [5.41, 5.74) is 0. The molecule has 3 nitrogen and oxygen atoms in total. The molecule has 76 valence electrons. The molecule has 0 bridgehead atoms. The molecule has 0 atom stereocenters. The van der Waals surface area contributed by atoms with Crippen molar-refractivity contribution in [1.29, 1.82) is 0 Å². The van der Waals surface area contributed by atoms with Crippen molar-refractivity contribution in [3.63, 3.8) is 0 Å². The minimum atomic E-state index is 0.399. The van der Waals surface area contributed by atoms with Gasteiger partial charge < -0.3 is 4.74 Å². The van der Waals surface area contributed by atoms with Crippen molar-refractivity contribution < 1.29 is 4.74 Å². The first-order valence-electron chi connectivity index (χ1n) is 4.16. The zero-order chi connectivity index (χ0) is 10.7. The van der Waals surface area contributed by atoms with Gasteiger partial charge in [0, 0.05) is 22.3 Å². The van der Waals surface area contributed by atoms with Crippen LogP contribution < -0.4 is 4.74 Å². The maximum atomic E-state index is 5.82. The zero-order valence-corrected chi connectivity index (χ0v) is 9.03. The Balaban J connectivity index is 2.25. The van der Waals surface area contributed by atoms with E-state index in [-0.39, 0.29) is 0 Å². The summed E-state index contributed by atoms with van der Waals surface area (Å²) in [5.74, 6) is 0.934. The summed E-state index contributed by atoms with van der Waals surface area (Å²) in [6.07, 6.45) is 1.57. The van der Waals surface area contributed by atoms with Crippen LogP contribution in [0.15, 0.2) is 36.5 Å². The summed E-state index contributed by atoms with van der Waals surface area (Å²) in [6.45, 7) is 0.